The third kappa shape index (κ3) is 2.50. The van der Waals surface area contributed by atoms with Gasteiger partial charge in [-0.05, 0) is 29.9 Å². The van der Waals surface area contributed by atoms with Gasteiger partial charge in [-0.25, -0.2) is 0 Å². The topological polar surface area (TPSA) is 43.2 Å². The Bertz CT molecular complexity index is 389. The van der Waals surface area contributed by atoms with Crippen molar-refractivity contribution in [2.24, 2.45) is 10.2 Å². The number of methoxy groups -OCH3 is 1. The molecule has 0 aliphatic carbocycles. The quantitative estimate of drug-likeness (QED) is 0.737. The van der Waals surface area contributed by atoms with E-state index in [1.54, 1.807) is 7.11 Å². The van der Waals surface area contributed by atoms with E-state index in [4.69, 9.17) is 21.7 Å². The summed E-state index contributed by atoms with van der Waals surface area (Å²) in [5.74, 6) is 0.836. The van der Waals surface area contributed by atoms with E-state index in [2.05, 4.69) is 10.2 Å². The predicted molar refractivity (Wildman–Crippen MR) is 59.0 cm³/mol. The van der Waals surface area contributed by atoms with Crippen LogP contribution in [0.4, 0.5) is 0 Å². The molecule has 1 aliphatic rings. The molecule has 1 aliphatic heterocycles. The van der Waals surface area contributed by atoms with Crippen LogP contribution in [0.3, 0.4) is 0 Å². The van der Waals surface area contributed by atoms with Gasteiger partial charge in [0.05, 0.1) is 7.11 Å². The van der Waals surface area contributed by atoms with Gasteiger partial charge in [-0.2, -0.15) is 0 Å². The van der Waals surface area contributed by atoms with E-state index in [0.717, 1.165) is 11.3 Å². The molecule has 0 N–H and O–H groups in total. The standard InChI is InChI=1S/C10H10N2O2S/c1-13-8-4-2-7(3-5-8)6-9-11-12-10(15)14-9/h2-5,9H,6H2,1H3. The first kappa shape index (κ1) is 10.0. The number of hydrogen-bond donors (Lipinski definition) is 0. The molecule has 0 saturated heterocycles. The van der Waals surface area contributed by atoms with Crippen molar-refractivity contribution in [1.82, 2.24) is 0 Å². The van der Waals surface area contributed by atoms with Gasteiger partial charge >= 0.3 is 5.17 Å². The van der Waals surface area contributed by atoms with Gasteiger partial charge in [-0.1, -0.05) is 12.1 Å². The van der Waals surface area contributed by atoms with E-state index in [1.807, 2.05) is 24.3 Å². The average Bonchev–Trinajstić information content (AvgIpc) is 2.65. The Kier molecular flexibility index (Phi) is 2.91. The highest BCUT2D eigenvalue weighted by atomic mass is 32.1. The fourth-order valence-electron chi connectivity index (χ4n) is 1.32. The molecule has 0 saturated carbocycles. The summed E-state index contributed by atoms with van der Waals surface area (Å²) in [6.45, 7) is 0. The molecule has 0 aromatic heterocycles. The maximum Gasteiger partial charge on any atom is 0.304 e. The molecule has 5 heteroatoms. The van der Waals surface area contributed by atoms with Gasteiger partial charge in [0, 0.05) is 6.42 Å². The first-order chi connectivity index (χ1) is 7.28. The smallest absolute Gasteiger partial charge is 0.304 e. The van der Waals surface area contributed by atoms with E-state index in [9.17, 15) is 0 Å². The summed E-state index contributed by atoms with van der Waals surface area (Å²) >= 11 is 4.75. The number of hydrogen-bond acceptors (Lipinski definition) is 4. The number of benzene rings is 1. The van der Waals surface area contributed by atoms with Crippen LogP contribution in [0.1, 0.15) is 5.56 Å². The lowest BCUT2D eigenvalue weighted by Crippen LogP contribution is -2.09. The average molecular weight is 222 g/mol. The van der Waals surface area contributed by atoms with Gasteiger partial charge in [0.2, 0.25) is 6.23 Å². The summed E-state index contributed by atoms with van der Waals surface area (Å²) in [6, 6.07) is 7.75. The van der Waals surface area contributed by atoms with Gasteiger partial charge in [0.25, 0.3) is 0 Å². The van der Waals surface area contributed by atoms with Crippen molar-refractivity contribution < 1.29 is 9.47 Å². The first-order valence-electron chi connectivity index (χ1n) is 4.52. The number of nitrogens with zero attached hydrogens (tertiary/aromatic N) is 2. The minimum atomic E-state index is -0.272. The van der Waals surface area contributed by atoms with Gasteiger partial charge in [-0.3, -0.25) is 0 Å². The zero-order valence-electron chi connectivity index (χ0n) is 8.21. The summed E-state index contributed by atoms with van der Waals surface area (Å²) < 4.78 is 10.3. The fraction of sp³-hybridized carbons (Fsp3) is 0.300. The van der Waals surface area contributed by atoms with Crippen molar-refractivity contribution in [3.05, 3.63) is 29.8 Å². The minimum absolute atomic E-state index is 0.216. The normalized spacial score (nSPS) is 19.0. The molecule has 1 atom stereocenters. The molecular weight excluding hydrogens is 212 g/mol. The van der Waals surface area contributed by atoms with Crippen LogP contribution in [0.5, 0.6) is 5.75 Å². The van der Waals surface area contributed by atoms with Crippen LogP contribution >= 0.6 is 12.2 Å². The van der Waals surface area contributed by atoms with Crippen LogP contribution in [-0.4, -0.2) is 18.5 Å². The van der Waals surface area contributed by atoms with Crippen molar-refractivity contribution in [3.63, 3.8) is 0 Å². The van der Waals surface area contributed by atoms with Crippen LogP contribution in [-0.2, 0) is 11.2 Å². The van der Waals surface area contributed by atoms with E-state index in [1.165, 1.54) is 0 Å². The SMILES string of the molecule is COc1ccc(CC2N=NC(=S)O2)cc1. The maximum absolute atomic E-state index is 5.19. The van der Waals surface area contributed by atoms with Crippen molar-refractivity contribution in [2.45, 2.75) is 12.6 Å². The van der Waals surface area contributed by atoms with Crippen molar-refractivity contribution >= 4 is 17.4 Å². The summed E-state index contributed by atoms with van der Waals surface area (Å²) in [7, 11) is 1.64. The monoisotopic (exact) mass is 222 g/mol. The summed E-state index contributed by atoms with van der Waals surface area (Å²) in [5, 5.41) is 7.76. The van der Waals surface area contributed by atoms with Gasteiger partial charge in [-0.15, -0.1) is 10.2 Å². The Balaban J connectivity index is 1.99. The molecule has 1 unspecified atom stereocenters. The molecule has 1 aromatic carbocycles. The van der Waals surface area contributed by atoms with E-state index >= 15 is 0 Å². The number of azo groups is 1. The van der Waals surface area contributed by atoms with Crippen LogP contribution in [0, 0.1) is 0 Å². The highest BCUT2D eigenvalue weighted by molar-refractivity contribution is 7.80. The third-order valence-electron chi connectivity index (χ3n) is 2.07. The second kappa shape index (κ2) is 4.35. The molecule has 78 valence electrons. The van der Waals surface area contributed by atoms with Crippen LogP contribution in [0.15, 0.2) is 34.5 Å². The molecule has 0 radical (unpaired) electrons. The highest BCUT2D eigenvalue weighted by Crippen LogP contribution is 2.16. The Morgan fingerprint density at radius 1 is 1.40 bits per heavy atom. The molecule has 0 amide bonds. The molecule has 1 aromatic rings. The van der Waals surface area contributed by atoms with Crippen molar-refractivity contribution in [3.8, 4) is 5.75 Å². The van der Waals surface area contributed by atoms with Crippen molar-refractivity contribution in [1.29, 1.82) is 0 Å². The lowest BCUT2D eigenvalue weighted by atomic mass is 10.1. The lowest BCUT2D eigenvalue weighted by Gasteiger charge is -2.06. The zero-order valence-corrected chi connectivity index (χ0v) is 9.03. The van der Waals surface area contributed by atoms with Gasteiger partial charge < -0.3 is 9.47 Å². The van der Waals surface area contributed by atoms with Crippen molar-refractivity contribution in [2.75, 3.05) is 7.11 Å². The van der Waals surface area contributed by atoms with E-state index in [0.29, 0.717) is 6.42 Å². The Hall–Kier alpha value is -1.49. The van der Waals surface area contributed by atoms with Gasteiger partial charge in [0.1, 0.15) is 5.75 Å². The largest absolute Gasteiger partial charge is 0.497 e. The highest BCUT2D eigenvalue weighted by Gasteiger charge is 2.17. The third-order valence-corrected chi connectivity index (χ3v) is 2.25. The predicted octanol–water partition coefficient (Wildman–Crippen LogP) is 2.33. The number of ether oxygens (including phenoxy) is 2. The molecule has 0 fully saturated rings. The number of thiocarbonyl (C=S) groups is 1. The summed E-state index contributed by atoms with van der Waals surface area (Å²) in [5.41, 5.74) is 1.12. The number of rotatable bonds is 3. The second-order valence-corrected chi connectivity index (χ2v) is 3.46. The molecule has 1 heterocycles. The second-order valence-electron chi connectivity index (χ2n) is 3.11. The molecule has 4 nitrogen and oxygen atoms in total. The Morgan fingerprint density at radius 2 is 2.13 bits per heavy atom. The molecule has 15 heavy (non-hydrogen) atoms. The molecule has 0 spiro atoms. The molecular formula is C10H10N2O2S. The fourth-order valence-corrected chi connectivity index (χ4v) is 1.48. The zero-order chi connectivity index (χ0) is 10.7. The Morgan fingerprint density at radius 3 is 2.67 bits per heavy atom. The van der Waals surface area contributed by atoms with Gasteiger partial charge in [0.15, 0.2) is 0 Å². The maximum atomic E-state index is 5.19. The first-order valence-corrected chi connectivity index (χ1v) is 4.93. The van der Waals surface area contributed by atoms with Crippen LogP contribution in [0.25, 0.3) is 0 Å². The Labute approximate surface area is 92.9 Å². The summed E-state index contributed by atoms with van der Waals surface area (Å²) in [4.78, 5) is 0. The van der Waals surface area contributed by atoms with Crippen LogP contribution in [0.2, 0.25) is 0 Å². The molecule has 2 rings (SSSR count). The van der Waals surface area contributed by atoms with E-state index in [-0.39, 0.29) is 11.4 Å². The summed E-state index contributed by atoms with van der Waals surface area (Å²) in [6.07, 6.45) is 0.402. The van der Waals surface area contributed by atoms with Crippen LogP contribution < -0.4 is 4.74 Å². The minimum Gasteiger partial charge on any atom is -0.497 e. The lowest BCUT2D eigenvalue weighted by molar-refractivity contribution is 0.222. The molecule has 0 bridgehead atoms. The van der Waals surface area contributed by atoms with E-state index < -0.39 is 0 Å².